The van der Waals surface area contributed by atoms with Crippen molar-refractivity contribution in [2.45, 2.75) is 64.3 Å². The number of fused-ring (bicyclic) bond motifs is 1. The number of hydrogen-bond donors (Lipinski definition) is 1. The largest absolute Gasteiger partial charge is 0.354 e. The predicted octanol–water partition coefficient (Wildman–Crippen LogP) is 2.85. The Labute approximate surface area is 171 Å². The van der Waals surface area contributed by atoms with Crippen LogP contribution < -0.4 is 5.32 Å². The number of carbonyl (C=O) groups is 2. The molecule has 3 heterocycles. The monoisotopic (exact) mass is 397 g/mol. The van der Waals surface area contributed by atoms with Gasteiger partial charge in [0.1, 0.15) is 0 Å². The molecule has 0 radical (unpaired) electrons. The fraction of sp³-hybridized carbons (Fsp3) is 0.636. The van der Waals surface area contributed by atoms with Gasteiger partial charge in [-0.2, -0.15) is 5.10 Å². The summed E-state index contributed by atoms with van der Waals surface area (Å²) in [4.78, 5) is 30.5. The minimum Gasteiger partial charge on any atom is -0.354 e. The van der Waals surface area contributed by atoms with Gasteiger partial charge >= 0.3 is 0 Å². The number of hydrogen-bond acceptors (Lipinski definition) is 4. The number of aromatic nitrogens is 3. The molecule has 29 heavy (non-hydrogen) atoms. The molecule has 7 nitrogen and oxygen atoms in total. The van der Waals surface area contributed by atoms with Gasteiger partial charge in [0.15, 0.2) is 5.65 Å². The van der Waals surface area contributed by atoms with Crippen molar-refractivity contribution in [1.29, 1.82) is 0 Å². The lowest BCUT2D eigenvalue weighted by atomic mass is 9.87. The van der Waals surface area contributed by atoms with Crippen LogP contribution in [0.3, 0.4) is 0 Å². The van der Waals surface area contributed by atoms with Crippen LogP contribution in [-0.2, 0) is 16.1 Å². The lowest BCUT2D eigenvalue weighted by Crippen LogP contribution is -2.30. The Morgan fingerprint density at radius 1 is 1.21 bits per heavy atom. The van der Waals surface area contributed by atoms with Crippen molar-refractivity contribution in [3.8, 4) is 0 Å². The molecule has 2 amide bonds. The maximum atomic E-state index is 12.8. The van der Waals surface area contributed by atoms with Crippen molar-refractivity contribution >= 4 is 22.8 Å². The topological polar surface area (TPSA) is 80.1 Å². The first-order valence-electron chi connectivity index (χ1n) is 11.0. The van der Waals surface area contributed by atoms with Crippen LogP contribution in [0.2, 0.25) is 0 Å². The van der Waals surface area contributed by atoms with E-state index in [1.165, 1.54) is 39.0 Å². The molecule has 7 heteroatoms. The zero-order valence-corrected chi connectivity index (χ0v) is 17.3. The first kappa shape index (κ1) is 19.9. The van der Waals surface area contributed by atoms with Gasteiger partial charge in [-0.1, -0.05) is 19.3 Å². The van der Waals surface area contributed by atoms with Crippen molar-refractivity contribution in [2.75, 3.05) is 19.6 Å². The highest BCUT2D eigenvalue weighted by Gasteiger charge is 2.31. The second-order valence-corrected chi connectivity index (χ2v) is 8.50. The van der Waals surface area contributed by atoms with Gasteiger partial charge in [-0.05, 0) is 37.3 Å². The zero-order chi connectivity index (χ0) is 20.2. The van der Waals surface area contributed by atoms with E-state index in [1.807, 2.05) is 15.6 Å². The third-order valence-corrected chi connectivity index (χ3v) is 6.35. The van der Waals surface area contributed by atoms with Gasteiger partial charge in [0, 0.05) is 50.5 Å². The summed E-state index contributed by atoms with van der Waals surface area (Å²) < 4.78 is 1.88. The molecule has 156 valence electrons. The van der Waals surface area contributed by atoms with Crippen LogP contribution in [-0.4, -0.2) is 51.1 Å². The third kappa shape index (κ3) is 4.60. The summed E-state index contributed by atoms with van der Waals surface area (Å²) in [6, 6.07) is 4.00. The Morgan fingerprint density at radius 3 is 2.83 bits per heavy atom. The molecule has 2 aliphatic rings. The van der Waals surface area contributed by atoms with Crippen LogP contribution >= 0.6 is 0 Å². The molecule has 4 rings (SSSR count). The van der Waals surface area contributed by atoms with E-state index in [-0.39, 0.29) is 11.8 Å². The van der Waals surface area contributed by atoms with E-state index < -0.39 is 0 Å². The Kier molecular flexibility index (Phi) is 6.11. The highest BCUT2D eigenvalue weighted by Crippen LogP contribution is 2.33. The Hall–Kier alpha value is -2.44. The van der Waals surface area contributed by atoms with E-state index in [1.54, 1.807) is 6.20 Å². The van der Waals surface area contributed by atoms with E-state index in [9.17, 15) is 9.59 Å². The third-order valence-electron chi connectivity index (χ3n) is 6.35. The standard InChI is InChI=1S/C22H31N5O2/c1-16(28)23-11-13-27-22-19(8-5-10-24-22)21(25-27)18-9-12-26(15-18)20(29)14-17-6-3-2-4-7-17/h5,8,10,17-18H,2-4,6-7,9,11-15H2,1H3,(H,23,28)/t18-/m1/s1. The molecule has 1 aliphatic carbocycles. The fourth-order valence-electron chi connectivity index (χ4n) is 4.81. The molecule has 2 fully saturated rings. The van der Waals surface area contributed by atoms with E-state index in [4.69, 9.17) is 5.10 Å². The molecular weight excluding hydrogens is 366 g/mol. The molecule has 1 aliphatic heterocycles. The molecule has 0 unspecified atom stereocenters. The number of pyridine rings is 1. The predicted molar refractivity (Wildman–Crippen MR) is 111 cm³/mol. The van der Waals surface area contributed by atoms with E-state index in [0.29, 0.717) is 31.3 Å². The molecule has 0 bridgehead atoms. The highest BCUT2D eigenvalue weighted by molar-refractivity contribution is 5.80. The maximum absolute atomic E-state index is 12.8. The molecule has 1 saturated heterocycles. The molecule has 2 aromatic rings. The molecule has 1 atom stereocenters. The van der Waals surface area contributed by atoms with Gasteiger partial charge in [-0.15, -0.1) is 0 Å². The van der Waals surface area contributed by atoms with Crippen LogP contribution in [0.25, 0.3) is 11.0 Å². The van der Waals surface area contributed by atoms with Crippen molar-refractivity contribution in [3.05, 3.63) is 24.0 Å². The lowest BCUT2D eigenvalue weighted by molar-refractivity contribution is -0.131. The second-order valence-electron chi connectivity index (χ2n) is 8.50. The molecule has 1 saturated carbocycles. The Morgan fingerprint density at radius 2 is 2.03 bits per heavy atom. The van der Waals surface area contributed by atoms with E-state index >= 15 is 0 Å². The summed E-state index contributed by atoms with van der Waals surface area (Å²) in [7, 11) is 0. The summed E-state index contributed by atoms with van der Waals surface area (Å²) in [6.45, 7) is 4.19. The summed E-state index contributed by atoms with van der Waals surface area (Å²) in [5.41, 5.74) is 1.88. The summed E-state index contributed by atoms with van der Waals surface area (Å²) in [6.07, 6.45) is 9.71. The minimum atomic E-state index is -0.0439. The first-order chi connectivity index (χ1) is 14.1. The number of amides is 2. The van der Waals surface area contributed by atoms with Crippen LogP contribution in [0.1, 0.15) is 63.5 Å². The highest BCUT2D eigenvalue weighted by atomic mass is 16.2. The first-order valence-corrected chi connectivity index (χ1v) is 11.0. The smallest absolute Gasteiger partial charge is 0.222 e. The Bertz CT molecular complexity index is 871. The summed E-state index contributed by atoms with van der Waals surface area (Å²) in [5.74, 6) is 1.09. The number of carbonyl (C=O) groups excluding carboxylic acids is 2. The summed E-state index contributed by atoms with van der Waals surface area (Å²) in [5, 5.41) is 8.72. The Balaban J connectivity index is 1.44. The second kappa shape index (κ2) is 8.93. The van der Waals surface area contributed by atoms with Crippen LogP contribution in [0.4, 0.5) is 0 Å². The van der Waals surface area contributed by atoms with E-state index in [2.05, 4.69) is 16.4 Å². The molecule has 0 aromatic carbocycles. The van der Waals surface area contributed by atoms with Crippen molar-refractivity contribution in [2.24, 2.45) is 5.92 Å². The fourth-order valence-corrected chi connectivity index (χ4v) is 4.81. The summed E-state index contributed by atoms with van der Waals surface area (Å²) >= 11 is 0. The normalized spacial score (nSPS) is 20.3. The van der Waals surface area contributed by atoms with Crippen LogP contribution in [0, 0.1) is 5.92 Å². The lowest BCUT2D eigenvalue weighted by Gasteiger charge is -2.24. The quantitative estimate of drug-likeness (QED) is 0.813. The SMILES string of the molecule is CC(=O)NCCn1nc([C@@H]2CCN(C(=O)CC3CCCCC3)C2)c2cccnc21. The average Bonchev–Trinajstić information content (AvgIpc) is 3.34. The van der Waals surface area contributed by atoms with Gasteiger partial charge in [-0.3, -0.25) is 9.59 Å². The van der Waals surface area contributed by atoms with E-state index in [0.717, 1.165) is 36.2 Å². The zero-order valence-electron chi connectivity index (χ0n) is 17.3. The van der Waals surface area contributed by atoms with Gasteiger partial charge in [0.05, 0.1) is 12.2 Å². The maximum Gasteiger partial charge on any atom is 0.222 e. The minimum absolute atomic E-state index is 0.0439. The van der Waals surface area contributed by atoms with Crippen LogP contribution in [0.5, 0.6) is 0 Å². The van der Waals surface area contributed by atoms with Gasteiger partial charge < -0.3 is 10.2 Å². The van der Waals surface area contributed by atoms with Crippen molar-refractivity contribution in [3.63, 3.8) is 0 Å². The molecular formula is C22H31N5O2. The van der Waals surface area contributed by atoms with Crippen LogP contribution in [0.15, 0.2) is 18.3 Å². The van der Waals surface area contributed by atoms with Gasteiger partial charge in [0.2, 0.25) is 11.8 Å². The van der Waals surface area contributed by atoms with Gasteiger partial charge in [-0.25, -0.2) is 9.67 Å². The van der Waals surface area contributed by atoms with Gasteiger partial charge in [0.25, 0.3) is 0 Å². The number of likely N-dealkylation sites (tertiary alicyclic amines) is 1. The molecule has 1 N–H and O–H groups in total. The van der Waals surface area contributed by atoms with Crippen molar-refractivity contribution in [1.82, 2.24) is 25.0 Å². The molecule has 2 aromatic heterocycles. The number of nitrogens with zero attached hydrogens (tertiary/aromatic N) is 4. The number of nitrogens with one attached hydrogen (secondary N) is 1. The number of rotatable bonds is 6. The molecule has 0 spiro atoms. The average molecular weight is 398 g/mol. The van der Waals surface area contributed by atoms with Crippen molar-refractivity contribution < 1.29 is 9.59 Å².